The van der Waals surface area contributed by atoms with Crippen LogP contribution in [0.1, 0.15) is 43.4 Å². The largest absolute Gasteiger partial charge is 0.497 e. The van der Waals surface area contributed by atoms with E-state index >= 15 is 0 Å². The van der Waals surface area contributed by atoms with Crippen molar-refractivity contribution in [2.75, 3.05) is 40.4 Å². The van der Waals surface area contributed by atoms with Gasteiger partial charge in [-0.15, -0.1) is 0 Å². The number of nitrogens with zero attached hydrogens (tertiary/aromatic N) is 2. The number of amides is 1. The minimum absolute atomic E-state index is 0.0571. The molecule has 0 N–H and O–H groups in total. The summed E-state index contributed by atoms with van der Waals surface area (Å²) in [5, 5.41) is 0. The summed E-state index contributed by atoms with van der Waals surface area (Å²) in [5.74, 6) is 0.117. The SMILES string of the molecule is CCCN(C)C(=O)CN1C[C@H](c2ccccc2)[C@@H](C(=O)OCC)[C@@H]1c1ccc(OC)cc1. The Kier molecular flexibility index (Phi) is 8.28. The lowest BCUT2D eigenvalue weighted by atomic mass is 9.83. The van der Waals surface area contributed by atoms with Crippen molar-refractivity contribution in [1.29, 1.82) is 0 Å². The molecule has 0 unspecified atom stereocenters. The molecule has 0 aliphatic carbocycles. The first-order valence-electron chi connectivity index (χ1n) is 11.3. The van der Waals surface area contributed by atoms with E-state index in [1.807, 2.05) is 56.4 Å². The fraction of sp³-hybridized carbons (Fsp3) is 0.462. The molecule has 2 aromatic rings. The van der Waals surface area contributed by atoms with Crippen LogP contribution < -0.4 is 4.74 Å². The van der Waals surface area contributed by atoms with Crippen molar-refractivity contribution in [3.63, 3.8) is 0 Å². The molecule has 0 aromatic heterocycles. The summed E-state index contributed by atoms with van der Waals surface area (Å²) in [6.45, 7) is 5.78. The maximum Gasteiger partial charge on any atom is 0.311 e. The highest BCUT2D eigenvalue weighted by molar-refractivity contribution is 5.79. The molecule has 6 nitrogen and oxygen atoms in total. The van der Waals surface area contributed by atoms with Gasteiger partial charge in [-0.25, -0.2) is 0 Å². The molecule has 1 fully saturated rings. The van der Waals surface area contributed by atoms with Crippen molar-refractivity contribution in [1.82, 2.24) is 9.80 Å². The van der Waals surface area contributed by atoms with Gasteiger partial charge in [-0.1, -0.05) is 49.4 Å². The molecule has 0 saturated carbocycles. The molecular weight excluding hydrogens is 404 g/mol. The molecule has 2 aromatic carbocycles. The van der Waals surface area contributed by atoms with E-state index in [4.69, 9.17) is 9.47 Å². The number of ether oxygens (including phenoxy) is 2. The van der Waals surface area contributed by atoms with E-state index in [1.165, 1.54) is 0 Å². The van der Waals surface area contributed by atoms with Gasteiger partial charge in [-0.05, 0) is 36.6 Å². The van der Waals surface area contributed by atoms with Gasteiger partial charge in [-0.3, -0.25) is 14.5 Å². The summed E-state index contributed by atoms with van der Waals surface area (Å²) >= 11 is 0. The van der Waals surface area contributed by atoms with Crippen molar-refractivity contribution >= 4 is 11.9 Å². The summed E-state index contributed by atoms with van der Waals surface area (Å²) in [5.41, 5.74) is 2.06. The maximum atomic E-state index is 13.2. The Bertz CT molecular complexity index is 884. The molecule has 172 valence electrons. The number of likely N-dealkylation sites (N-methyl/N-ethyl adjacent to an activating group) is 1. The van der Waals surface area contributed by atoms with Crippen LogP contribution in [0, 0.1) is 5.92 Å². The first kappa shape index (κ1) is 23.8. The topological polar surface area (TPSA) is 59.1 Å². The molecular formula is C26H34N2O4. The molecule has 1 amide bonds. The number of likely N-dealkylation sites (tertiary alicyclic amines) is 1. The lowest BCUT2D eigenvalue weighted by Gasteiger charge is -2.29. The van der Waals surface area contributed by atoms with Crippen LogP contribution in [0.2, 0.25) is 0 Å². The normalized spacial score (nSPS) is 20.7. The summed E-state index contributed by atoms with van der Waals surface area (Å²) in [4.78, 5) is 30.1. The molecule has 1 heterocycles. The smallest absolute Gasteiger partial charge is 0.311 e. The highest BCUT2D eigenvalue weighted by Gasteiger charge is 2.48. The number of carbonyl (C=O) groups is 2. The Labute approximate surface area is 191 Å². The predicted octanol–water partition coefficient (Wildman–Crippen LogP) is 3.88. The minimum atomic E-state index is -0.407. The minimum Gasteiger partial charge on any atom is -0.497 e. The Balaban J connectivity index is 2.02. The molecule has 0 spiro atoms. The fourth-order valence-corrected chi connectivity index (χ4v) is 4.61. The lowest BCUT2D eigenvalue weighted by molar-refractivity contribution is -0.149. The Morgan fingerprint density at radius 3 is 2.31 bits per heavy atom. The van der Waals surface area contributed by atoms with Crippen LogP contribution in [0.3, 0.4) is 0 Å². The van der Waals surface area contributed by atoms with Crippen molar-refractivity contribution in [2.45, 2.75) is 32.2 Å². The Hall–Kier alpha value is -2.86. The van der Waals surface area contributed by atoms with E-state index in [0.29, 0.717) is 19.7 Å². The number of methoxy groups -OCH3 is 1. The third-order valence-electron chi connectivity index (χ3n) is 6.17. The average molecular weight is 439 g/mol. The van der Waals surface area contributed by atoms with Crippen LogP contribution in [-0.2, 0) is 14.3 Å². The zero-order chi connectivity index (χ0) is 23.1. The van der Waals surface area contributed by atoms with Crippen LogP contribution in [0.15, 0.2) is 54.6 Å². The Morgan fingerprint density at radius 1 is 1.03 bits per heavy atom. The molecule has 32 heavy (non-hydrogen) atoms. The predicted molar refractivity (Wildman–Crippen MR) is 125 cm³/mol. The molecule has 0 radical (unpaired) electrons. The van der Waals surface area contributed by atoms with Crippen molar-refractivity contribution in [2.24, 2.45) is 5.92 Å². The van der Waals surface area contributed by atoms with E-state index in [9.17, 15) is 9.59 Å². The zero-order valence-corrected chi connectivity index (χ0v) is 19.5. The number of rotatable bonds is 9. The number of hydrogen-bond acceptors (Lipinski definition) is 5. The molecule has 3 atom stereocenters. The van der Waals surface area contributed by atoms with Crippen LogP contribution in [0.4, 0.5) is 0 Å². The lowest BCUT2D eigenvalue weighted by Crippen LogP contribution is -2.39. The van der Waals surface area contributed by atoms with Crippen molar-refractivity contribution in [3.8, 4) is 5.75 Å². The van der Waals surface area contributed by atoms with E-state index in [0.717, 1.165) is 23.3 Å². The van der Waals surface area contributed by atoms with Crippen LogP contribution in [0.5, 0.6) is 5.75 Å². The Morgan fingerprint density at radius 2 is 1.72 bits per heavy atom. The highest BCUT2D eigenvalue weighted by atomic mass is 16.5. The number of hydrogen-bond donors (Lipinski definition) is 0. The van der Waals surface area contributed by atoms with Crippen LogP contribution in [0.25, 0.3) is 0 Å². The molecule has 1 saturated heterocycles. The van der Waals surface area contributed by atoms with E-state index < -0.39 is 5.92 Å². The van der Waals surface area contributed by atoms with Gasteiger partial charge in [0.15, 0.2) is 0 Å². The van der Waals surface area contributed by atoms with Gasteiger partial charge < -0.3 is 14.4 Å². The summed E-state index contributed by atoms with van der Waals surface area (Å²) < 4.78 is 10.8. The number of esters is 1. The van der Waals surface area contributed by atoms with Crippen molar-refractivity contribution < 1.29 is 19.1 Å². The first-order chi connectivity index (χ1) is 15.5. The number of benzene rings is 2. The average Bonchev–Trinajstić information content (AvgIpc) is 3.19. The molecule has 6 heteroatoms. The van der Waals surface area contributed by atoms with Gasteiger partial charge in [0.25, 0.3) is 0 Å². The monoisotopic (exact) mass is 438 g/mol. The third kappa shape index (κ3) is 5.30. The first-order valence-corrected chi connectivity index (χ1v) is 11.3. The van der Waals surface area contributed by atoms with Crippen molar-refractivity contribution in [3.05, 3.63) is 65.7 Å². The second-order valence-electron chi connectivity index (χ2n) is 8.26. The summed E-state index contributed by atoms with van der Waals surface area (Å²) in [6, 6.07) is 17.6. The molecule has 3 rings (SSSR count). The highest BCUT2D eigenvalue weighted by Crippen LogP contribution is 2.46. The molecule has 0 bridgehead atoms. The van der Waals surface area contributed by atoms with E-state index in [-0.39, 0.29) is 30.4 Å². The van der Waals surface area contributed by atoms with Gasteiger partial charge in [0.1, 0.15) is 5.75 Å². The molecule has 1 aliphatic rings. The maximum absolute atomic E-state index is 13.2. The van der Waals surface area contributed by atoms with Gasteiger partial charge in [0, 0.05) is 32.1 Å². The van der Waals surface area contributed by atoms with Gasteiger partial charge in [0.2, 0.25) is 5.91 Å². The van der Waals surface area contributed by atoms with E-state index in [1.54, 1.807) is 12.0 Å². The zero-order valence-electron chi connectivity index (χ0n) is 19.5. The summed E-state index contributed by atoms with van der Waals surface area (Å²) in [7, 11) is 3.47. The standard InChI is InChI=1S/C26H34N2O4/c1-5-16-27(3)23(29)18-28-17-22(19-10-8-7-9-11-19)24(26(30)32-6-2)25(28)20-12-14-21(31-4)15-13-20/h7-15,22,24-25H,5-6,16-18H2,1-4H3/t22-,24-,25+/m1/s1. The van der Waals surface area contributed by atoms with Crippen LogP contribution >= 0.6 is 0 Å². The van der Waals surface area contributed by atoms with Gasteiger partial charge in [0.05, 0.1) is 26.2 Å². The third-order valence-corrected chi connectivity index (χ3v) is 6.17. The molecule has 1 aliphatic heterocycles. The van der Waals surface area contributed by atoms with Gasteiger partial charge >= 0.3 is 5.97 Å². The quantitative estimate of drug-likeness (QED) is 0.556. The number of carbonyl (C=O) groups excluding carboxylic acids is 2. The second kappa shape index (κ2) is 11.1. The fourth-order valence-electron chi connectivity index (χ4n) is 4.61. The van der Waals surface area contributed by atoms with Crippen LogP contribution in [-0.4, -0.2) is 62.1 Å². The summed E-state index contributed by atoms with van der Waals surface area (Å²) in [6.07, 6.45) is 0.905. The van der Waals surface area contributed by atoms with E-state index in [2.05, 4.69) is 24.0 Å². The van der Waals surface area contributed by atoms with Gasteiger partial charge in [-0.2, -0.15) is 0 Å². The second-order valence-corrected chi connectivity index (χ2v) is 8.26.